The lowest BCUT2D eigenvalue weighted by Crippen LogP contribution is -2.49. The van der Waals surface area contributed by atoms with Crippen LogP contribution < -0.4 is 5.32 Å². The van der Waals surface area contributed by atoms with Crippen molar-refractivity contribution in [3.05, 3.63) is 71.3 Å². The number of fused-ring (bicyclic) bond motifs is 1. The van der Waals surface area contributed by atoms with E-state index in [2.05, 4.69) is 5.32 Å². The SMILES string of the molecule is CCCNC(=O)[C@@H](C)OC(=O)[C@H](Cc1ccccc1)N1C(=O)c2ccccc2C1=O. The van der Waals surface area contributed by atoms with Gasteiger partial charge in [0, 0.05) is 13.0 Å². The second-order valence-electron chi connectivity index (χ2n) is 7.10. The summed E-state index contributed by atoms with van der Waals surface area (Å²) in [5.74, 6) is -2.31. The van der Waals surface area contributed by atoms with Crippen LogP contribution in [0.15, 0.2) is 54.6 Å². The Balaban J connectivity index is 1.86. The van der Waals surface area contributed by atoms with Crippen molar-refractivity contribution in [2.45, 2.75) is 38.8 Å². The standard InChI is InChI=1S/C23H24N2O5/c1-3-13-24-20(26)15(2)30-23(29)19(14-16-9-5-4-6-10-16)25-21(27)17-11-7-8-12-18(17)22(25)28/h4-12,15,19H,3,13-14H2,1-2H3,(H,24,26)/t15-,19+/m1/s1. The van der Waals surface area contributed by atoms with E-state index >= 15 is 0 Å². The van der Waals surface area contributed by atoms with E-state index in [0.717, 1.165) is 16.9 Å². The van der Waals surface area contributed by atoms with E-state index in [1.165, 1.54) is 6.92 Å². The summed E-state index contributed by atoms with van der Waals surface area (Å²) in [6.07, 6.45) is -0.204. The highest BCUT2D eigenvalue weighted by atomic mass is 16.5. The van der Waals surface area contributed by atoms with Crippen molar-refractivity contribution in [2.24, 2.45) is 0 Å². The Morgan fingerprint density at radius 2 is 1.53 bits per heavy atom. The van der Waals surface area contributed by atoms with Crippen molar-refractivity contribution in [1.29, 1.82) is 0 Å². The van der Waals surface area contributed by atoms with E-state index in [0.29, 0.717) is 6.54 Å². The third kappa shape index (κ3) is 4.40. The molecular weight excluding hydrogens is 384 g/mol. The van der Waals surface area contributed by atoms with Gasteiger partial charge in [-0.15, -0.1) is 0 Å². The molecule has 0 fully saturated rings. The van der Waals surface area contributed by atoms with Gasteiger partial charge in [0.05, 0.1) is 11.1 Å². The Bertz CT molecular complexity index is 922. The van der Waals surface area contributed by atoms with Crippen LogP contribution in [0.2, 0.25) is 0 Å². The van der Waals surface area contributed by atoms with Crippen LogP contribution >= 0.6 is 0 Å². The second-order valence-corrected chi connectivity index (χ2v) is 7.10. The molecule has 0 saturated heterocycles. The molecule has 2 aromatic rings. The summed E-state index contributed by atoms with van der Waals surface area (Å²) in [7, 11) is 0. The van der Waals surface area contributed by atoms with Crippen LogP contribution in [0.5, 0.6) is 0 Å². The highest BCUT2D eigenvalue weighted by Gasteiger charge is 2.43. The predicted molar refractivity (Wildman–Crippen MR) is 110 cm³/mol. The normalized spacial score (nSPS) is 14.8. The van der Waals surface area contributed by atoms with Crippen molar-refractivity contribution in [3.8, 4) is 0 Å². The molecule has 2 aromatic carbocycles. The molecule has 0 unspecified atom stereocenters. The number of imide groups is 1. The zero-order valence-corrected chi connectivity index (χ0v) is 17.0. The Kier molecular flexibility index (Phi) is 6.61. The maximum Gasteiger partial charge on any atom is 0.330 e. The van der Waals surface area contributed by atoms with Gasteiger partial charge < -0.3 is 10.1 Å². The van der Waals surface area contributed by atoms with Gasteiger partial charge in [-0.1, -0.05) is 49.4 Å². The number of nitrogens with zero attached hydrogens (tertiary/aromatic N) is 1. The summed E-state index contributed by atoms with van der Waals surface area (Å²) in [5, 5.41) is 2.66. The molecule has 0 aliphatic carbocycles. The smallest absolute Gasteiger partial charge is 0.330 e. The minimum atomic E-state index is -1.18. The summed E-state index contributed by atoms with van der Waals surface area (Å²) >= 11 is 0. The first kappa shape index (κ1) is 21.2. The van der Waals surface area contributed by atoms with Crippen molar-refractivity contribution < 1.29 is 23.9 Å². The number of rotatable bonds is 8. The Morgan fingerprint density at radius 3 is 2.10 bits per heavy atom. The van der Waals surface area contributed by atoms with Gasteiger partial charge in [-0.2, -0.15) is 0 Å². The van der Waals surface area contributed by atoms with Crippen LogP contribution in [0.1, 0.15) is 46.5 Å². The van der Waals surface area contributed by atoms with Crippen molar-refractivity contribution in [1.82, 2.24) is 10.2 Å². The van der Waals surface area contributed by atoms with E-state index in [4.69, 9.17) is 4.74 Å². The maximum atomic E-state index is 13.0. The highest BCUT2D eigenvalue weighted by molar-refractivity contribution is 6.22. The summed E-state index contributed by atoms with van der Waals surface area (Å²) in [5.41, 5.74) is 1.27. The molecule has 1 aliphatic rings. The number of ether oxygens (including phenoxy) is 1. The van der Waals surface area contributed by atoms with Crippen LogP contribution in [0.4, 0.5) is 0 Å². The Labute approximate surface area is 175 Å². The van der Waals surface area contributed by atoms with E-state index in [1.807, 2.05) is 13.0 Å². The van der Waals surface area contributed by atoms with Gasteiger partial charge in [-0.25, -0.2) is 4.79 Å². The number of carbonyl (C=O) groups excluding carboxylic acids is 4. The van der Waals surface area contributed by atoms with Crippen LogP contribution in [0.25, 0.3) is 0 Å². The number of hydrogen-bond acceptors (Lipinski definition) is 5. The fraction of sp³-hybridized carbons (Fsp3) is 0.304. The number of amides is 3. The third-order valence-corrected chi connectivity index (χ3v) is 4.89. The Morgan fingerprint density at radius 1 is 0.967 bits per heavy atom. The first-order valence-electron chi connectivity index (χ1n) is 9.93. The fourth-order valence-electron chi connectivity index (χ4n) is 3.31. The van der Waals surface area contributed by atoms with Crippen LogP contribution in [0.3, 0.4) is 0 Å². The van der Waals surface area contributed by atoms with E-state index in [-0.39, 0.29) is 17.5 Å². The molecule has 0 aromatic heterocycles. The molecule has 0 saturated carbocycles. The molecule has 0 spiro atoms. The third-order valence-electron chi connectivity index (χ3n) is 4.89. The van der Waals surface area contributed by atoms with E-state index in [1.54, 1.807) is 48.5 Å². The first-order chi connectivity index (χ1) is 14.4. The quantitative estimate of drug-likeness (QED) is 0.535. The monoisotopic (exact) mass is 408 g/mol. The molecule has 156 valence electrons. The first-order valence-corrected chi connectivity index (χ1v) is 9.93. The number of benzene rings is 2. The Hall–Kier alpha value is -3.48. The molecule has 0 radical (unpaired) electrons. The molecule has 1 aliphatic heterocycles. The molecule has 2 atom stereocenters. The molecular formula is C23H24N2O5. The van der Waals surface area contributed by atoms with Crippen molar-refractivity contribution in [3.63, 3.8) is 0 Å². The lowest BCUT2D eigenvalue weighted by Gasteiger charge is -2.26. The second kappa shape index (κ2) is 9.35. The lowest BCUT2D eigenvalue weighted by atomic mass is 10.0. The molecule has 3 rings (SSSR count). The number of esters is 1. The van der Waals surface area contributed by atoms with Gasteiger partial charge in [-0.05, 0) is 31.0 Å². The van der Waals surface area contributed by atoms with Gasteiger partial charge in [-0.3, -0.25) is 19.3 Å². The molecule has 7 heteroatoms. The summed E-state index contributed by atoms with van der Waals surface area (Å²) < 4.78 is 5.35. The molecule has 0 bridgehead atoms. The van der Waals surface area contributed by atoms with Gasteiger partial charge in [0.25, 0.3) is 17.7 Å². The topological polar surface area (TPSA) is 92.8 Å². The number of nitrogens with one attached hydrogen (secondary N) is 1. The minimum Gasteiger partial charge on any atom is -0.451 e. The van der Waals surface area contributed by atoms with E-state index < -0.39 is 35.8 Å². The fourth-order valence-corrected chi connectivity index (χ4v) is 3.31. The molecule has 1 heterocycles. The lowest BCUT2D eigenvalue weighted by molar-refractivity contribution is -0.158. The summed E-state index contributed by atoms with van der Waals surface area (Å²) in [6.45, 7) is 3.84. The molecule has 30 heavy (non-hydrogen) atoms. The van der Waals surface area contributed by atoms with Gasteiger partial charge in [0.2, 0.25) is 0 Å². The predicted octanol–water partition coefficient (Wildman–Crippen LogP) is 2.35. The van der Waals surface area contributed by atoms with Gasteiger partial charge >= 0.3 is 5.97 Å². The van der Waals surface area contributed by atoms with Crippen LogP contribution in [0, 0.1) is 0 Å². The highest BCUT2D eigenvalue weighted by Crippen LogP contribution is 2.26. The van der Waals surface area contributed by atoms with Crippen molar-refractivity contribution >= 4 is 23.7 Å². The molecule has 7 nitrogen and oxygen atoms in total. The van der Waals surface area contributed by atoms with E-state index in [9.17, 15) is 19.2 Å². The van der Waals surface area contributed by atoms with Gasteiger partial charge in [0.1, 0.15) is 6.04 Å². The molecule has 1 N–H and O–H groups in total. The average molecular weight is 408 g/mol. The van der Waals surface area contributed by atoms with Crippen LogP contribution in [-0.4, -0.2) is 47.3 Å². The van der Waals surface area contributed by atoms with Crippen LogP contribution in [-0.2, 0) is 20.7 Å². The zero-order chi connectivity index (χ0) is 21.7. The average Bonchev–Trinajstić information content (AvgIpc) is 3.01. The van der Waals surface area contributed by atoms with Crippen molar-refractivity contribution in [2.75, 3.05) is 6.54 Å². The zero-order valence-electron chi connectivity index (χ0n) is 17.0. The maximum absolute atomic E-state index is 13.0. The summed E-state index contributed by atoms with van der Waals surface area (Å²) in [4.78, 5) is 51.9. The largest absolute Gasteiger partial charge is 0.451 e. The summed E-state index contributed by atoms with van der Waals surface area (Å²) in [6, 6.07) is 14.3. The minimum absolute atomic E-state index is 0.0917. The number of carbonyl (C=O) groups is 4. The number of hydrogen-bond donors (Lipinski definition) is 1. The van der Waals surface area contributed by atoms with Gasteiger partial charge in [0.15, 0.2) is 6.10 Å². The molecule has 3 amide bonds.